The largest absolute Gasteiger partial charge is 0.501 e. The Kier molecular flexibility index (Phi) is 3.10. The molecule has 0 spiro atoms. The van der Waals surface area contributed by atoms with E-state index in [9.17, 15) is 23.6 Å². The lowest BCUT2D eigenvalue weighted by Gasteiger charge is -2.02. The molecule has 0 aromatic heterocycles. The van der Waals surface area contributed by atoms with Gasteiger partial charge in [0, 0.05) is 6.07 Å². The van der Waals surface area contributed by atoms with Crippen LogP contribution in [0.5, 0.6) is 5.75 Å². The van der Waals surface area contributed by atoms with Gasteiger partial charge in [-0.2, -0.15) is 0 Å². The van der Waals surface area contributed by atoms with Crippen molar-refractivity contribution >= 4 is 22.1 Å². The maximum absolute atomic E-state index is 10.5. The molecule has 1 aromatic carbocycles. The van der Waals surface area contributed by atoms with Crippen molar-refractivity contribution in [2.45, 2.75) is 5.75 Å². The number of thiol groups is 1. The number of nitro groups is 1. The number of anilines is 1. The Morgan fingerprint density at radius 2 is 2.07 bits per heavy atom. The number of aromatic hydroxyl groups is 1. The van der Waals surface area contributed by atoms with Crippen LogP contribution in [0, 0.1) is 10.1 Å². The van der Waals surface area contributed by atoms with Crippen LogP contribution >= 0.6 is 0 Å². The zero-order valence-corrected chi connectivity index (χ0v) is 8.31. The molecule has 0 aliphatic heterocycles. The van der Waals surface area contributed by atoms with Crippen molar-refractivity contribution in [1.29, 1.82) is 0 Å². The van der Waals surface area contributed by atoms with Crippen molar-refractivity contribution in [3.05, 3.63) is 27.8 Å². The highest BCUT2D eigenvalue weighted by Gasteiger charge is 2.17. The number of rotatable bonds is 3. The van der Waals surface area contributed by atoms with Crippen LogP contribution in [0.4, 0.5) is 11.4 Å². The second-order valence-electron chi connectivity index (χ2n) is 2.80. The van der Waals surface area contributed by atoms with Crippen molar-refractivity contribution < 1.29 is 18.4 Å². The van der Waals surface area contributed by atoms with Crippen molar-refractivity contribution in [2.75, 3.05) is 5.73 Å². The van der Waals surface area contributed by atoms with Gasteiger partial charge in [0.05, 0.1) is 16.4 Å². The van der Waals surface area contributed by atoms with Gasteiger partial charge in [0.2, 0.25) is 5.75 Å². The average molecular weight is 232 g/mol. The van der Waals surface area contributed by atoms with Crippen LogP contribution in [0.1, 0.15) is 5.56 Å². The first-order valence-corrected chi connectivity index (χ1v) is 5.15. The molecular weight excluding hydrogens is 224 g/mol. The zero-order valence-electron chi connectivity index (χ0n) is 7.41. The Bertz CT molecular complexity index is 475. The van der Waals surface area contributed by atoms with Crippen molar-refractivity contribution in [3.8, 4) is 5.75 Å². The summed E-state index contributed by atoms with van der Waals surface area (Å²) in [6.45, 7) is 0. The maximum Gasteiger partial charge on any atom is 0.313 e. The normalized spacial score (nSPS) is 10.5. The van der Waals surface area contributed by atoms with E-state index in [0.29, 0.717) is 0 Å². The smallest absolute Gasteiger partial charge is 0.313 e. The molecule has 0 atom stereocenters. The molecule has 0 bridgehead atoms. The van der Waals surface area contributed by atoms with Crippen molar-refractivity contribution in [1.82, 2.24) is 0 Å². The molecule has 0 unspecified atom stereocenters. The van der Waals surface area contributed by atoms with Crippen LogP contribution in [0.2, 0.25) is 0 Å². The third kappa shape index (κ3) is 2.56. The molecule has 0 amide bonds. The lowest BCUT2D eigenvalue weighted by atomic mass is 10.2. The van der Waals surface area contributed by atoms with Crippen molar-refractivity contribution in [2.24, 2.45) is 0 Å². The summed E-state index contributed by atoms with van der Waals surface area (Å²) in [7, 11) is -2.69. The zero-order chi connectivity index (χ0) is 11.6. The van der Waals surface area contributed by atoms with Gasteiger partial charge in [0.25, 0.3) is 0 Å². The summed E-state index contributed by atoms with van der Waals surface area (Å²) in [6.07, 6.45) is 0. The molecule has 1 rings (SSSR count). The molecular formula is C7H8N2O5S. The molecule has 0 heterocycles. The predicted octanol–water partition coefficient (Wildman–Crippen LogP) is -0.00600. The highest BCUT2D eigenvalue weighted by Crippen LogP contribution is 2.33. The van der Waals surface area contributed by atoms with E-state index in [2.05, 4.69) is 0 Å². The average Bonchev–Trinajstić information content (AvgIpc) is 2.09. The van der Waals surface area contributed by atoms with Gasteiger partial charge in [0.15, 0.2) is 0 Å². The Morgan fingerprint density at radius 1 is 1.47 bits per heavy atom. The second-order valence-corrected chi connectivity index (χ2v) is 3.78. The van der Waals surface area contributed by atoms with Crippen LogP contribution in [0.15, 0.2) is 12.1 Å². The summed E-state index contributed by atoms with van der Waals surface area (Å²) >= 11 is 0. The van der Waals surface area contributed by atoms with Gasteiger partial charge in [-0.3, -0.25) is 10.1 Å². The molecule has 15 heavy (non-hydrogen) atoms. The SMILES string of the molecule is Nc1cc(C[SH](=O)=O)cc([N+](=O)[O-])c1O. The highest BCUT2D eigenvalue weighted by molar-refractivity contribution is 7.71. The molecule has 82 valence electrons. The van der Waals surface area contributed by atoms with E-state index in [4.69, 9.17) is 5.73 Å². The summed E-state index contributed by atoms with van der Waals surface area (Å²) in [4.78, 5) is 9.62. The fourth-order valence-corrected chi connectivity index (χ4v) is 1.56. The minimum atomic E-state index is -2.69. The third-order valence-electron chi connectivity index (χ3n) is 1.69. The van der Waals surface area contributed by atoms with E-state index in [1.807, 2.05) is 0 Å². The number of benzene rings is 1. The van der Waals surface area contributed by atoms with E-state index in [1.165, 1.54) is 6.07 Å². The van der Waals surface area contributed by atoms with Gasteiger partial charge in [-0.05, 0) is 11.6 Å². The minimum absolute atomic E-state index is 0.174. The van der Waals surface area contributed by atoms with E-state index in [1.54, 1.807) is 0 Å². The fraction of sp³-hybridized carbons (Fsp3) is 0.143. The lowest BCUT2D eigenvalue weighted by Crippen LogP contribution is -1.97. The number of nitrogen functional groups attached to an aromatic ring is 1. The number of nitrogens with two attached hydrogens (primary N) is 1. The summed E-state index contributed by atoms with van der Waals surface area (Å²) in [6, 6.07) is 2.17. The molecule has 8 heteroatoms. The van der Waals surface area contributed by atoms with Gasteiger partial charge in [-0.1, -0.05) is 0 Å². The summed E-state index contributed by atoms with van der Waals surface area (Å²) in [5.41, 5.74) is 4.65. The van der Waals surface area contributed by atoms with Gasteiger partial charge in [0.1, 0.15) is 10.7 Å². The van der Waals surface area contributed by atoms with Crippen molar-refractivity contribution in [3.63, 3.8) is 0 Å². The van der Waals surface area contributed by atoms with Crippen LogP contribution in [0.25, 0.3) is 0 Å². The first-order valence-electron chi connectivity index (χ1n) is 3.79. The van der Waals surface area contributed by atoms with E-state index in [0.717, 1.165) is 6.07 Å². The minimum Gasteiger partial charge on any atom is -0.501 e. The van der Waals surface area contributed by atoms with Crippen LogP contribution in [-0.2, 0) is 16.5 Å². The van der Waals surface area contributed by atoms with Crippen LogP contribution < -0.4 is 5.73 Å². The fourth-order valence-electron chi connectivity index (χ4n) is 1.08. The quantitative estimate of drug-likeness (QED) is 0.221. The van der Waals surface area contributed by atoms with E-state index < -0.39 is 27.1 Å². The number of phenols is 1. The lowest BCUT2D eigenvalue weighted by molar-refractivity contribution is -0.385. The Morgan fingerprint density at radius 3 is 2.53 bits per heavy atom. The molecule has 0 saturated heterocycles. The van der Waals surface area contributed by atoms with Gasteiger partial charge >= 0.3 is 5.69 Å². The topological polar surface area (TPSA) is 124 Å². The number of phenolic OH excluding ortho intramolecular Hbond substituents is 1. The standard InChI is InChI=1S/C7H8N2O5S/c8-5-1-4(3-15(13)14)2-6(7(5)10)9(11)12/h1-2,10,15H,3,8H2. The number of nitrogens with zero attached hydrogens (tertiary/aromatic N) is 1. The summed E-state index contributed by atoms with van der Waals surface area (Å²) in [5.74, 6) is -0.995. The predicted molar refractivity (Wildman–Crippen MR) is 53.2 cm³/mol. The molecule has 0 aliphatic rings. The molecule has 0 aliphatic carbocycles. The van der Waals surface area contributed by atoms with E-state index in [-0.39, 0.29) is 17.0 Å². The highest BCUT2D eigenvalue weighted by atomic mass is 32.2. The molecule has 0 fully saturated rings. The summed E-state index contributed by atoms with van der Waals surface area (Å²) < 4.78 is 20.8. The first-order chi connectivity index (χ1) is 6.91. The molecule has 3 N–H and O–H groups in total. The first kappa shape index (κ1) is 11.2. The Labute approximate surface area is 86.2 Å². The van der Waals surface area contributed by atoms with Crippen LogP contribution in [-0.4, -0.2) is 18.4 Å². The monoisotopic (exact) mass is 232 g/mol. The number of hydrogen-bond acceptors (Lipinski definition) is 6. The molecule has 0 radical (unpaired) electrons. The number of nitro benzene ring substituents is 1. The third-order valence-corrected chi connectivity index (χ3v) is 2.31. The second kappa shape index (κ2) is 4.13. The number of hydrogen-bond donors (Lipinski definition) is 3. The summed E-state index contributed by atoms with van der Waals surface area (Å²) in [5, 5.41) is 19.7. The van der Waals surface area contributed by atoms with E-state index >= 15 is 0 Å². The van der Waals surface area contributed by atoms with Gasteiger partial charge in [-0.25, -0.2) is 8.42 Å². The molecule has 0 saturated carbocycles. The van der Waals surface area contributed by atoms with Gasteiger partial charge in [-0.15, -0.1) is 0 Å². The molecule has 7 nitrogen and oxygen atoms in total. The Balaban J connectivity index is 3.29. The molecule has 1 aromatic rings. The van der Waals surface area contributed by atoms with Crippen LogP contribution in [0.3, 0.4) is 0 Å². The maximum atomic E-state index is 10.5. The van der Waals surface area contributed by atoms with Gasteiger partial charge < -0.3 is 10.8 Å². The Hall–Kier alpha value is -1.83.